The first-order valence-corrected chi connectivity index (χ1v) is 7.53. The van der Waals surface area contributed by atoms with Crippen LogP contribution in [0.2, 0.25) is 0 Å². The van der Waals surface area contributed by atoms with Crippen molar-refractivity contribution in [3.8, 4) is 0 Å². The van der Waals surface area contributed by atoms with Crippen molar-refractivity contribution in [1.29, 1.82) is 0 Å². The van der Waals surface area contributed by atoms with Crippen LogP contribution in [-0.2, 0) is 5.41 Å². The number of hydrogen-bond donors (Lipinski definition) is 2. The van der Waals surface area contributed by atoms with E-state index in [-0.39, 0.29) is 12.0 Å². The van der Waals surface area contributed by atoms with Crippen LogP contribution in [0.5, 0.6) is 0 Å². The molecule has 1 aromatic carbocycles. The Balaban J connectivity index is 2.77. The lowest BCUT2D eigenvalue weighted by Crippen LogP contribution is -2.45. The topological polar surface area (TPSA) is 35.5 Å². The van der Waals surface area contributed by atoms with Gasteiger partial charge in [0.1, 0.15) is 0 Å². The third kappa shape index (κ3) is 5.61. The van der Waals surface area contributed by atoms with Crippen molar-refractivity contribution < 1.29 is 5.11 Å². The number of rotatable bonds is 9. The minimum Gasteiger partial charge on any atom is -0.395 e. The van der Waals surface area contributed by atoms with E-state index in [9.17, 15) is 0 Å². The fourth-order valence-corrected chi connectivity index (χ4v) is 2.57. The summed E-state index contributed by atoms with van der Waals surface area (Å²) in [5.41, 5.74) is 1.40. The fraction of sp³-hybridized carbons (Fsp3) is 0.647. The van der Waals surface area contributed by atoms with Gasteiger partial charge in [0.05, 0.1) is 6.61 Å². The second-order valence-electron chi connectivity index (χ2n) is 6.41. The summed E-state index contributed by atoms with van der Waals surface area (Å²) in [5.74, 6) is 0.658. The van der Waals surface area contributed by atoms with Crippen molar-refractivity contribution in [2.75, 3.05) is 39.8 Å². The largest absolute Gasteiger partial charge is 0.395 e. The first-order valence-electron chi connectivity index (χ1n) is 7.53. The van der Waals surface area contributed by atoms with E-state index < -0.39 is 0 Å². The van der Waals surface area contributed by atoms with Crippen LogP contribution in [0.3, 0.4) is 0 Å². The molecule has 0 aliphatic carbocycles. The van der Waals surface area contributed by atoms with E-state index in [2.05, 4.69) is 68.4 Å². The molecule has 20 heavy (non-hydrogen) atoms. The van der Waals surface area contributed by atoms with E-state index in [1.807, 2.05) is 0 Å². The zero-order valence-electron chi connectivity index (χ0n) is 13.4. The van der Waals surface area contributed by atoms with Gasteiger partial charge in [-0.3, -0.25) is 0 Å². The number of nitrogens with zero attached hydrogens (tertiary/aromatic N) is 1. The molecule has 0 aliphatic heterocycles. The fourth-order valence-electron chi connectivity index (χ4n) is 2.57. The Morgan fingerprint density at radius 3 is 2.45 bits per heavy atom. The van der Waals surface area contributed by atoms with Gasteiger partial charge in [-0.15, -0.1) is 0 Å². The molecule has 1 aromatic rings. The van der Waals surface area contributed by atoms with E-state index in [0.717, 1.165) is 19.6 Å². The molecule has 1 atom stereocenters. The normalized spacial score (nSPS) is 14.8. The van der Waals surface area contributed by atoms with Crippen molar-refractivity contribution in [2.45, 2.75) is 26.2 Å². The summed E-state index contributed by atoms with van der Waals surface area (Å²) in [7, 11) is 2.07. The molecule has 1 rings (SSSR count). The zero-order chi connectivity index (χ0) is 15.0. The molecule has 0 aliphatic rings. The van der Waals surface area contributed by atoms with Gasteiger partial charge in [0, 0.05) is 25.0 Å². The van der Waals surface area contributed by atoms with Crippen molar-refractivity contribution in [3.63, 3.8) is 0 Å². The standard InChI is InChI=1S/C17H30N2O/c1-15(2)12-18-13-17(3,14-19(4)10-11-20)16-8-6-5-7-9-16/h5-9,15,18,20H,10-14H2,1-4H3. The third-order valence-corrected chi connectivity index (χ3v) is 3.64. The Labute approximate surface area is 124 Å². The Morgan fingerprint density at radius 2 is 1.90 bits per heavy atom. The molecular weight excluding hydrogens is 248 g/mol. The summed E-state index contributed by atoms with van der Waals surface area (Å²) in [5, 5.41) is 12.7. The maximum Gasteiger partial charge on any atom is 0.0558 e. The molecule has 3 heteroatoms. The van der Waals surface area contributed by atoms with Crippen LogP contribution in [0.4, 0.5) is 0 Å². The first-order chi connectivity index (χ1) is 9.48. The van der Waals surface area contributed by atoms with Gasteiger partial charge in [0.2, 0.25) is 0 Å². The Kier molecular flexibility index (Phi) is 7.20. The second-order valence-corrected chi connectivity index (χ2v) is 6.41. The van der Waals surface area contributed by atoms with Crippen molar-refractivity contribution in [1.82, 2.24) is 10.2 Å². The number of benzene rings is 1. The molecular formula is C17H30N2O. The summed E-state index contributed by atoms with van der Waals surface area (Å²) in [6.07, 6.45) is 0. The summed E-state index contributed by atoms with van der Waals surface area (Å²) < 4.78 is 0. The summed E-state index contributed by atoms with van der Waals surface area (Å²) in [6.45, 7) is 10.6. The SMILES string of the molecule is CC(C)CNCC(C)(CN(C)CCO)c1ccccc1. The molecule has 0 saturated heterocycles. The van der Waals surface area contributed by atoms with E-state index in [0.29, 0.717) is 12.5 Å². The number of aliphatic hydroxyl groups is 1. The zero-order valence-corrected chi connectivity index (χ0v) is 13.4. The molecule has 0 bridgehead atoms. The lowest BCUT2D eigenvalue weighted by atomic mass is 9.81. The van der Waals surface area contributed by atoms with Crippen LogP contribution >= 0.6 is 0 Å². The predicted molar refractivity (Wildman–Crippen MR) is 86.1 cm³/mol. The molecule has 0 heterocycles. The summed E-state index contributed by atoms with van der Waals surface area (Å²) >= 11 is 0. The molecule has 1 unspecified atom stereocenters. The third-order valence-electron chi connectivity index (χ3n) is 3.64. The van der Waals surface area contributed by atoms with Crippen LogP contribution in [0.1, 0.15) is 26.3 Å². The van der Waals surface area contributed by atoms with Gasteiger partial charge in [-0.1, -0.05) is 51.1 Å². The van der Waals surface area contributed by atoms with E-state index in [4.69, 9.17) is 5.11 Å². The number of aliphatic hydroxyl groups excluding tert-OH is 1. The van der Waals surface area contributed by atoms with Crippen molar-refractivity contribution >= 4 is 0 Å². The monoisotopic (exact) mass is 278 g/mol. The summed E-state index contributed by atoms with van der Waals surface area (Å²) in [6, 6.07) is 10.7. The van der Waals surface area contributed by atoms with Gasteiger partial charge in [-0.25, -0.2) is 0 Å². The van der Waals surface area contributed by atoms with Crippen molar-refractivity contribution in [2.24, 2.45) is 5.92 Å². The summed E-state index contributed by atoms with van der Waals surface area (Å²) in [4.78, 5) is 2.20. The first kappa shape index (κ1) is 17.2. The average molecular weight is 278 g/mol. The maximum atomic E-state index is 9.10. The molecule has 2 N–H and O–H groups in total. The van der Waals surface area contributed by atoms with Gasteiger partial charge < -0.3 is 15.3 Å². The van der Waals surface area contributed by atoms with Crippen molar-refractivity contribution in [3.05, 3.63) is 35.9 Å². The Bertz CT molecular complexity index is 367. The number of likely N-dealkylation sites (N-methyl/N-ethyl adjacent to an activating group) is 1. The van der Waals surface area contributed by atoms with Crippen LogP contribution in [0.25, 0.3) is 0 Å². The maximum absolute atomic E-state index is 9.10. The van der Waals surface area contributed by atoms with Gasteiger partial charge in [0.15, 0.2) is 0 Å². The minimum atomic E-state index is 0.0556. The molecule has 0 spiro atoms. The predicted octanol–water partition coefficient (Wildman–Crippen LogP) is 2.11. The molecule has 3 nitrogen and oxygen atoms in total. The van der Waals surface area contributed by atoms with Gasteiger partial charge >= 0.3 is 0 Å². The highest BCUT2D eigenvalue weighted by Crippen LogP contribution is 2.24. The lowest BCUT2D eigenvalue weighted by molar-refractivity contribution is 0.191. The molecule has 0 radical (unpaired) electrons. The molecule has 114 valence electrons. The number of nitrogens with one attached hydrogen (secondary N) is 1. The lowest BCUT2D eigenvalue weighted by Gasteiger charge is -2.35. The van der Waals surface area contributed by atoms with E-state index in [1.165, 1.54) is 5.56 Å². The second kappa shape index (κ2) is 8.40. The van der Waals surface area contributed by atoms with Gasteiger partial charge in [-0.2, -0.15) is 0 Å². The highest BCUT2D eigenvalue weighted by Gasteiger charge is 2.27. The van der Waals surface area contributed by atoms with E-state index in [1.54, 1.807) is 0 Å². The molecule has 0 amide bonds. The molecule has 0 saturated carbocycles. The van der Waals surface area contributed by atoms with Crippen LogP contribution in [0.15, 0.2) is 30.3 Å². The van der Waals surface area contributed by atoms with Gasteiger partial charge in [0.25, 0.3) is 0 Å². The van der Waals surface area contributed by atoms with Crippen LogP contribution < -0.4 is 5.32 Å². The Morgan fingerprint density at radius 1 is 1.25 bits per heavy atom. The van der Waals surface area contributed by atoms with E-state index >= 15 is 0 Å². The quantitative estimate of drug-likeness (QED) is 0.726. The van der Waals surface area contributed by atoms with Crippen LogP contribution in [-0.4, -0.2) is 49.8 Å². The smallest absolute Gasteiger partial charge is 0.0558 e. The highest BCUT2D eigenvalue weighted by molar-refractivity contribution is 5.25. The number of hydrogen-bond acceptors (Lipinski definition) is 3. The Hall–Kier alpha value is -0.900. The van der Waals surface area contributed by atoms with Gasteiger partial charge in [-0.05, 0) is 25.1 Å². The highest BCUT2D eigenvalue weighted by atomic mass is 16.3. The minimum absolute atomic E-state index is 0.0556. The van der Waals surface area contributed by atoms with Crippen LogP contribution in [0, 0.1) is 5.92 Å². The molecule has 0 aromatic heterocycles. The molecule has 0 fully saturated rings. The average Bonchev–Trinajstić information content (AvgIpc) is 2.39.